The number of nitrogens with zero attached hydrogens (tertiary/aromatic N) is 1. The van der Waals surface area contributed by atoms with Gasteiger partial charge in [-0.25, -0.2) is 8.42 Å². The van der Waals surface area contributed by atoms with Gasteiger partial charge in [0, 0.05) is 16.7 Å². The van der Waals surface area contributed by atoms with Crippen LogP contribution in [0, 0.1) is 10.1 Å². The molecule has 1 aromatic carbocycles. The minimum absolute atomic E-state index is 0.0515. The van der Waals surface area contributed by atoms with Crippen molar-refractivity contribution in [1.82, 2.24) is 0 Å². The van der Waals surface area contributed by atoms with E-state index in [2.05, 4.69) is 0 Å². The molecule has 0 radical (unpaired) electrons. The second-order valence-corrected chi connectivity index (χ2v) is 5.35. The molecule has 0 N–H and O–H groups in total. The standard InChI is InChI=1S/C8H6ClNO6S/c1-16-7-3-2-6(10(12)13)5(4-11)8(7)17(9,14)15/h2-4H,1H3. The summed E-state index contributed by atoms with van der Waals surface area (Å²) in [5.41, 5.74) is -1.29. The van der Waals surface area contributed by atoms with Crippen LogP contribution in [0.2, 0.25) is 0 Å². The molecule has 0 bridgehead atoms. The first-order valence-corrected chi connectivity index (χ1v) is 6.39. The lowest BCUT2D eigenvalue weighted by atomic mass is 10.2. The molecule has 0 aliphatic heterocycles. The van der Waals surface area contributed by atoms with Crippen molar-refractivity contribution < 1.29 is 22.9 Å². The number of methoxy groups -OCH3 is 1. The van der Waals surface area contributed by atoms with Gasteiger partial charge in [0.15, 0.2) is 6.29 Å². The van der Waals surface area contributed by atoms with E-state index < -0.39 is 30.1 Å². The molecule has 0 saturated carbocycles. The Morgan fingerprint density at radius 1 is 1.47 bits per heavy atom. The Labute approximate surface area is 101 Å². The summed E-state index contributed by atoms with van der Waals surface area (Å²) in [5.74, 6) is -0.229. The number of ether oxygens (including phenoxy) is 1. The van der Waals surface area contributed by atoms with Gasteiger partial charge in [-0.3, -0.25) is 14.9 Å². The van der Waals surface area contributed by atoms with Gasteiger partial charge in [0.2, 0.25) is 0 Å². The van der Waals surface area contributed by atoms with Gasteiger partial charge in [-0.05, 0) is 6.07 Å². The SMILES string of the molecule is COc1ccc([N+](=O)[O-])c(C=O)c1S(=O)(=O)Cl. The first-order chi connectivity index (χ1) is 7.82. The summed E-state index contributed by atoms with van der Waals surface area (Å²) >= 11 is 0. The molecule has 1 aromatic rings. The normalized spacial score (nSPS) is 10.9. The van der Waals surface area contributed by atoms with Crippen molar-refractivity contribution in [3.8, 4) is 5.75 Å². The molecule has 0 aliphatic rings. The van der Waals surface area contributed by atoms with Crippen LogP contribution >= 0.6 is 10.7 Å². The van der Waals surface area contributed by atoms with E-state index in [-0.39, 0.29) is 12.0 Å². The lowest BCUT2D eigenvalue weighted by Gasteiger charge is -2.07. The third kappa shape index (κ3) is 2.53. The van der Waals surface area contributed by atoms with Gasteiger partial charge in [-0.2, -0.15) is 0 Å². The largest absolute Gasteiger partial charge is 0.495 e. The Kier molecular flexibility index (Phi) is 3.69. The van der Waals surface area contributed by atoms with Crippen molar-refractivity contribution in [2.75, 3.05) is 7.11 Å². The maximum Gasteiger partial charge on any atom is 0.281 e. The Bertz CT molecular complexity index is 582. The molecule has 0 aliphatic carbocycles. The highest BCUT2D eigenvalue weighted by Crippen LogP contribution is 2.34. The van der Waals surface area contributed by atoms with E-state index >= 15 is 0 Å². The van der Waals surface area contributed by atoms with Crippen LogP contribution in [-0.2, 0) is 9.05 Å². The van der Waals surface area contributed by atoms with E-state index in [1.165, 1.54) is 0 Å². The fourth-order valence-corrected chi connectivity index (χ4v) is 2.54. The number of carbonyl (C=O) groups excluding carboxylic acids is 1. The second-order valence-electron chi connectivity index (χ2n) is 2.84. The van der Waals surface area contributed by atoms with Gasteiger partial charge in [-0.15, -0.1) is 0 Å². The zero-order valence-corrected chi connectivity index (χ0v) is 9.99. The van der Waals surface area contributed by atoms with Gasteiger partial charge < -0.3 is 4.74 Å². The van der Waals surface area contributed by atoms with Crippen molar-refractivity contribution in [3.63, 3.8) is 0 Å². The zero-order valence-electron chi connectivity index (χ0n) is 8.41. The molecule has 0 heterocycles. The number of nitro benzene ring substituents is 1. The number of hydrogen-bond acceptors (Lipinski definition) is 6. The molecular weight excluding hydrogens is 274 g/mol. The van der Waals surface area contributed by atoms with Crippen LogP contribution in [0.15, 0.2) is 17.0 Å². The molecule has 7 nitrogen and oxygen atoms in total. The highest BCUT2D eigenvalue weighted by atomic mass is 35.7. The summed E-state index contributed by atoms with van der Waals surface area (Å²) < 4.78 is 27.2. The van der Waals surface area contributed by atoms with Gasteiger partial charge in [-0.1, -0.05) is 0 Å². The fourth-order valence-electron chi connectivity index (χ4n) is 1.25. The quantitative estimate of drug-likeness (QED) is 0.356. The Balaban J connectivity index is 3.80. The summed E-state index contributed by atoms with van der Waals surface area (Å²) in [6.45, 7) is 0. The van der Waals surface area contributed by atoms with Gasteiger partial charge in [0.05, 0.1) is 12.0 Å². The number of carbonyl (C=O) groups is 1. The third-order valence-electron chi connectivity index (χ3n) is 1.92. The molecule has 0 fully saturated rings. The van der Waals surface area contributed by atoms with Crippen molar-refractivity contribution in [2.24, 2.45) is 0 Å². The summed E-state index contributed by atoms with van der Waals surface area (Å²) in [6, 6.07) is 2.02. The summed E-state index contributed by atoms with van der Waals surface area (Å²) in [4.78, 5) is 19.8. The lowest BCUT2D eigenvalue weighted by molar-refractivity contribution is -0.385. The maximum absolute atomic E-state index is 11.3. The Morgan fingerprint density at radius 2 is 2.06 bits per heavy atom. The molecule has 17 heavy (non-hydrogen) atoms. The van der Waals surface area contributed by atoms with Crippen LogP contribution in [0.4, 0.5) is 5.69 Å². The topological polar surface area (TPSA) is 104 Å². The monoisotopic (exact) mass is 279 g/mol. The van der Waals surface area contributed by atoms with Crippen LogP contribution in [0.3, 0.4) is 0 Å². The Hall–Kier alpha value is -1.67. The van der Waals surface area contributed by atoms with Crippen LogP contribution in [0.1, 0.15) is 10.4 Å². The molecule has 0 unspecified atom stereocenters. The molecule has 0 amide bonds. The number of nitro groups is 1. The van der Waals surface area contributed by atoms with Crippen LogP contribution in [0.5, 0.6) is 5.75 Å². The van der Waals surface area contributed by atoms with Crippen LogP contribution in [0.25, 0.3) is 0 Å². The highest BCUT2D eigenvalue weighted by molar-refractivity contribution is 8.13. The van der Waals surface area contributed by atoms with Crippen LogP contribution in [-0.4, -0.2) is 26.7 Å². The predicted octanol–water partition coefficient (Wildman–Crippen LogP) is 1.34. The van der Waals surface area contributed by atoms with E-state index in [0.29, 0.717) is 0 Å². The molecular formula is C8H6ClNO6S. The van der Waals surface area contributed by atoms with E-state index in [9.17, 15) is 23.3 Å². The van der Waals surface area contributed by atoms with Crippen molar-refractivity contribution in [1.29, 1.82) is 0 Å². The smallest absolute Gasteiger partial charge is 0.281 e. The average molecular weight is 280 g/mol. The molecule has 1 rings (SSSR count). The van der Waals surface area contributed by atoms with Crippen molar-refractivity contribution >= 4 is 31.7 Å². The van der Waals surface area contributed by atoms with Gasteiger partial charge in [0.1, 0.15) is 16.2 Å². The first kappa shape index (κ1) is 13.4. The third-order valence-corrected chi connectivity index (χ3v) is 3.29. The van der Waals surface area contributed by atoms with Crippen molar-refractivity contribution in [2.45, 2.75) is 4.90 Å². The molecule has 9 heteroatoms. The van der Waals surface area contributed by atoms with E-state index in [0.717, 1.165) is 19.2 Å². The first-order valence-electron chi connectivity index (χ1n) is 4.08. The summed E-state index contributed by atoms with van der Waals surface area (Å²) in [7, 11) is 1.94. The average Bonchev–Trinajstić information content (AvgIpc) is 2.25. The second kappa shape index (κ2) is 4.68. The summed E-state index contributed by atoms with van der Waals surface area (Å²) in [6.07, 6.45) is 0.0515. The number of halogens is 1. The molecule has 0 spiro atoms. The van der Waals surface area contributed by atoms with Crippen LogP contribution < -0.4 is 4.74 Å². The molecule has 0 aromatic heterocycles. The highest BCUT2D eigenvalue weighted by Gasteiger charge is 2.28. The number of benzene rings is 1. The molecule has 0 saturated heterocycles. The van der Waals surface area contributed by atoms with E-state index in [1.807, 2.05) is 0 Å². The lowest BCUT2D eigenvalue weighted by Crippen LogP contribution is -2.05. The van der Waals surface area contributed by atoms with E-state index in [1.54, 1.807) is 0 Å². The van der Waals surface area contributed by atoms with Gasteiger partial charge >= 0.3 is 0 Å². The number of aldehydes is 1. The number of rotatable bonds is 4. The molecule has 92 valence electrons. The van der Waals surface area contributed by atoms with Gasteiger partial charge in [0.25, 0.3) is 14.7 Å². The minimum atomic E-state index is -4.33. The summed E-state index contributed by atoms with van der Waals surface area (Å²) in [5, 5.41) is 10.6. The zero-order chi connectivity index (χ0) is 13.2. The predicted molar refractivity (Wildman–Crippen MR) is 58.1 cm³/mol. The van der Waals surface area contributed by atoms with E-state index in [4.69, 9.17) is 15.4 Å². The van der Waals surface area contributed by atoms with Crippen molar-refractivity contribution in [3.05, 3.63) is 27.8 Å². The number of hydrogen-bond donors (Lipinski definition) is 0. The molecule has 0 atom stereocenters. The minimum Gasteiger partial charge on any atom is -0.495 e. The Morgan fingerprint density at radius 3 is 2.41 bits per heavy atom. The fraction of sp³-hybridized carbons (Fsp3) is 0.125. The maximum atomic E-state index is 11.3.